The Morgan fingerprint density at radius 1 is 1.46 bits per heavy atom. The first-order valence-corrected chi connectivity index (χ1v) is 5.38. The van der Waals surface area contributed by atoms with E-state index in [1.807, 2.05) is 12.3 Å². The Kier molecular flexibility index (Phi) is 5.01. The maximum atomic E-state index is 4.19. The molecule has 0 unspecified atom stereocenters. The van der Waals surface area contributed by atoms with Crippen molar-refractivity contribution in [2.45, 2.75) is 12.8 Å². The predicted molar refractivity (Wildman–Crippen MR) is 60.5 cm³/mol. The number of aromatic nitrogens is 1. The van der Waals surface area contributed by atoms with Crippen LogP contribution in [0.4, 0.5) is 0 Å². The molecular weight excluding hydrogens is 180 g/mol. The molecule has 1 heterocycles. The van der Waals surface area contributed by atoms with Gasteiger partial charge in [0.05, 0.1) is 0 Å². The van der Waals surface area contributed by atoms with Crippen molar-refractivity contribution in [2.75, 3.05) is 25.9 Å². The maximum absolute atomic E-state index is 4.19. The summed E-state index contributed by atoms with van der Waals surface area (Å²) in [5, 5.41) is 0. The molecule has 13 heavy (non-hydrogen) atoms. The molecule has 0 atom stereocenters. The summed E-state index contributed by atoms with van der Waals surface area (Å²) in [6.07, 6.45) is 4.25. The molecule has 0 aliphatic rings. The highest BCUT2D eigenvalue weighted by Crippen LogP contribution is 1.98. The van der Waals surface area contributed by atoms with Crippen LogP contribution in [0.2, 0.25) is 0 Å². The molecule has 0 saturated carbocycles. The first kappa shape index (κ1) is 10.7. The lowest BCUT2D eigenvalue weighted by atomic mass is 10.3. The molecule has 0 spiro atoms. The van der Waals surface area contributed by atoms with Crippen molar-refractivity contribution in [3.05, 3.63) is 24.0 Å². The monoisotopic (exact) mass is 198 g/mol. The van der Waals surface area contributed by atoms with Crippen molar-refractivity contribution >= 4 is 12.6 Å². The van der Waals surface area contributed by atoms with Gasteiger partial charge in [0, 0.05) is 24.9 Å². The average Bonchev–Trinajstić information content (AvgIpc) is 2.64. The predicted octanol–water partition coefficient (Wildman–Crippen LogP) is 1.81. The van der Waals surface area contributed by atoms with Crippen molar-refractivity contribution in [2.24, 2.45) is 0 Å². The summed E-state index contributed by atoms with van der Waals surface area (Å²) < 4.78 is 0. The Labute approximate surface area is 85.7 Å². The van der Waals surface area contributed by atoms with E-state index in [1.54, 1.807) is 0 Å². The van der Waals surface area contributed by atoms with Gasteiger partial charge in [-0.2, -0.15) is 12.6 Å². The zero-order chi connectivity index (χ0) is 9.52. The highest BCUT2D eigenvalue weighted by atomic mass is 32.1. The molecule has 0 saturated heterocycles. The van der Waals surface area contributed by atoms with Gasteiger partial charge in [0.2, 0.25) is 0 Å². The van der Waals surface area contributed by atoms with Gasteiger partial charge in [-0.15, -0.1) is 0 Å². The number of hydrogen-bond donors (Lipinski definition) is 2. The molecule has 0 aliphatic heterocycles. The minimum absolute atomic E-state index is 0.979. The minimum atomic E-state index is 0.979. The SMILES string of the molecule is CN(CCCS)CCc1ccc[nH]1. The molecular formula is C10H18N2S. The molecule has 1 aromatic rings. The third-order valence-corrected chi connectivity index (χ3v) is 2.44. The number of likely N-dealkylation sites (N-methyl/N-ethyl adjacent to an activating group) is 1. The van der Waals surface area contributed by atoms with Crippen LogP contribution < -0.4 is 0 Å². The van der Waals surface area contributed by atoms with Gasteiger partial charge in [-0.1, -0.05) is 0 Å². The van der Waals surface area contributed by atoms with Gasteiger partial charge in [0.25, 0.3) is 0 Å². The molecule has 1 aromatic heterocycles. The second kappa shape index (κ2) is 6.11. The van der Waals surface area contributed by atoms with E-state index in [2.05, 4.69) is 35.6 Å². The number of nitrogens with one attached hydrogen (secondary N) is 1. The van der Waals surface area contributed by atoms with Crippen molar-refractivity contribution in [1.29, 1.82) is 0 Å². The molecule has 0 aromatic carbocycles. The molecule has 0 bridgehead atoms. The summed E-state index contributed by atoms with van der Waals surface area (Å²) >= 11 is 4.19. The fourth-order valence-electron chi connectivity index (χ4n) is 1.29. The van der Waals surface area contributed by atoms with Crippen LogP contribution in [0.25, 0.3) is 0 Å². The van der Waals surface area contributed by atoms with Gasteiger partial charge in [0.1, 0.15) is 0 Å². The van der Waals surface area contributed by atoms with Crippen LogP contribution in [0.3, 0.4) is 0 Å². The molecule has 0 amide bonds. The smallest absolute Gasteiger partial charge is 0.0159 e. The van der Waals surface area contributed by atoms with Crippen LogP contribution in [-0.4, -0.2) is 35.8 Å². The average molecular weight is 198 g/mol. The number of aromatic amines is 1. The normalized spacial score (nSPS) is 11.0. The van der Waals surface area contributed by atoms with E-state index in [0.717, 1.165) is 25.3 Å². The second-order valence-corrected chi connectivity index (χ2v) is 3.77. The Morgan fingerprint density at radius 2 is 2.31 bits per heavy atom. The van der Waals surface area contributed by atoms with Gasteiger partial charge in [0.15, 0.2) is 0 Å². The van der Waals surface area contributed by atoms with Gasteiger partial charge < -0.3 is 9.88 Å². The molecule has 74 valence electrons. The van der Waals surface area contributed by atoms with E-state index in [9.17, 15) is 0 Å². The maximum Gasteiger partial charge on any atom is 0.0159 e. The Hall–Kier alpha value is -0.410. The topological polar surface area (TPSA) is 19.0 Å². The molecule has 1 N–H and O–H groups in total. The van der Waals surface area contributed by atoms with Crippen LogP contribution in [0, 0.1) is 0 Å². The van der Waals surface area contributed by atoms with Gasteiger partial charge in [-0.25, -0.2) is 0 Å². The van der Waals surface area contributed by atoms with E-state index in [0.29, 0.717) is 0 Å². The zero-order valence-electron chi connectivity index (χ0n) is 8.16. The van der Waals surface area contributed by atoms with Gasteiger partial charge in [-0.3, -0.25) is 0 Å². The molecule has 3 heteroatoms. The lowest BCUT2D eigenvalue weighted by Gasteiger charge is -2.14. The van der Waals surface area contributed by atoms with E-state index >= 15 is 0 Å². The molecule has 0 radical (unpaired) electrons. The number of nitrogens with zero attached hydrogens (tertiary/aromatic N) is 1. The number of hydrogen-bond acceptors (Lipinski definition) is 2. The zero-order valence-corrected chi connectivity index (χ0v) is 9.06. The van der Waals surface area contributed by atoms with E-state index in [4.69, 9.17) is 0 Å². The third-order valence-electron chi connectivity index (χ3n) is 2.12. The third kappa shape index (κ3) is 4.39. The minimum Gasteiger partial charge on any atom is -0.365 e. The Balaban J connectivity index is 2.11. The number of thiol groups is 1. The molecule has 2 nitrogen and oxygen atoms in total. The fourth-order valence-corrected chi connectivity index (χ4v) is 1.43. The first-order chi connectivity index (χ1) is 6.33. The Morgan fingerprint density at radius 3 is 2.92 bits per heavy atom. The van der Waals surface area contributed by atoms with Crippen molar-refractivity contribution < 1.29 is 0 Å². The first-order valence-electron chi connectivity index (χ1n) is 4.74. The van der Waals surface area contributed by atoms with Crippen LogP contribution in [0.1, 0.15) is 12.1 Å². The molecule has 0 aliphatic carbocycles. The highest BCUT2D eigenvalue weighted by Gasteiger charge is 1.98. The van der Waals surface area contributed by atoms with Crippen molar-refractivity contribution in [1.82, 2.24) is 9.88 Å². The van der Waals surface area contributed by atoms with Gasteiger partial charge in [-0.05, 0) is 37.9 Å². The summed E-state index contributed by atoms with van der Waals surface area (Å²) in [6, 6.07) is 4.18. The van der Waals surface area contributed by atoms with Gasteiger partial charge >= 0.3 is 0 Å². The molecule has 0 fully saturated rings. The fraction of sp³-hybridized carbons (Fsp3) is 0.600. The number of H-pyrrole nitrogens is 1. The summed E-state index contributed by atoms with van der Waals surface area (Å²) in [4.78, 5) is 5.55. The van der Waals surface area contributed by atoms with Crippen LogP contribution in [0.5, 0.6) is 0 Å². The highest BCUT2D eigenvalue weighted by molar-refractivity contribution is 7.80. The van der Waals surface area contributed by atoms with Crippen molar-refractivity contribution in [3.8, 4) is 0 Å². The standard InChI is InChI=1S/C10H18N2S/c1-12(7-3-9-13)8-5-10-4-2-6-11-10/h2,4,6,11,13H,3,5,7-9H2,1H3. The Bertz CT molecular complexity index is 209. The largest absolute Gasteiger partial charge is 0.365 e. The number of rotatable bonds is 6. The van der Waals surface area contributed by atoms with Crippen LogP contribution >= 0.6 is 12.6 Å². The van der Waals surface area contributed by atoms with Crippen molar-refractivity contribution in [3.63, 3.8) is 0 Å². The van der Waals surface area contributed by atoms with Crippen LogP contribution in [0.15, 0.2) is 18.3 Å². The summed E-state index contributed by atoms with van der Waals surface area (Å²) in [5.41, 5.74) is 1.32. The molecule has 1 rings (SSSR count). The van der Waals surface area contributed by atoms with E-state index in [1.165, 1.54) is 12.1 Å². The van der Waals surface area contributed by atoms with E-state index in [-0.39, 0.29) is 0 Å². The summed E-state index contributed by atoms with van der Waals surface area (Å²) in [6.45, 7) is 2.26. The van der Waals surface area contributed by atoms with Crippen LogP contribution in [-0.2, 0) is 6.42 Å². The lowest BCUT2D eigenvalue weighted by molar-refractivity contribution is 0.339. The second-order valence-electron chi connectivity index (χ2n) is 3.33. The summed E-state index contributed by atoms with van der Waals surface area (Å²) in [5.74, 6) is 0.979. The summed E-state index contributed by atoms with van der Waals surface area (Å²) in [7, 11) is 2.16. The van der Waals surface area contributed by atoms with E-state index < -0.39 is 0 Å². The lowest BCUT2D eigenvalue weighted by Crippen LogP contribution is -2.22. The quantitative estimate of drug-likeness (QED) is 0.668.